The van der Waals surface area contributed by atoms with Crippen LogP contribution >= 0.6 is 27.7 Å². The Morgan fingerprint density at radius 3 is 2.94 bits per heavy atom. The molecule has 0 aliphatic carbocycles. The largest absolute Gasteiger partial charge is 0.334 e. The molecular weight excluding hydrogens is 296 g/mol. The van der Waals surface area contributed by atoms with Crippen molar-refractivity contribution in [3.63, 3.8) is 0 Å². The number of hydrogen-bond donors (Lipinski definition) is 1. The molecule has 1 aliphatic rings. The van der Waals surface area contributed by atoms with Crippen LogP contribution in [-0.4, -0.2) is 16.5 Å². The first-order valence-corrected chi connectivity index (χ1v) is 7.65. The molecule has 2 nitrogen and oxygen atoms in total. The van der Waals surface area contributed by atoms with E-state index in [4.69, 9.17) is 4.99 Å². The van der Waals surface area contributed by atoms with E-state index in [0.29, 0.717) is 0 Å². The standard InChI is InChI=1S/C13H17BrN2S/c1-3-13(2)8-9-17-12(16-13)15-11-7-5-4-6-10(11)14/h4-7H,3,8-9H2,1-2H3,(H,15,16). The monoisotopic (exact) mass is 312 g/mol. The van der Waals surface area contributed by atoms with Crippen molar-refractivity contribution in [2.75, 3.05) is 11.1 Å². The summed E-state index contributed by atoms with van der Waals surface area (Å²) in [7, 11) is 0. The number of aliphatic imine (C=N–C) groups is 1. The highest BCUT2D eigenvalue weighted by atomic mass is 79.9. The van der Waals surface area contributed by atoms with E-state index in [1.54, 1.807) is 11.8 Å². The molecule has 0 spiro atoms. The van der Waals surface area contributed by atoms with Gasteiger partial charge in [-0.1, -0.05) is 30.8 Å². The fourth-order valence-electron chi connectivity index (χ4n) is 1.70. The molecule has 1 N–H and O–H groups in total. The van der Waals surface area contributed by atoms with E-state index in [1.807, 2.05) is 18.2 Å². The van der Waals surface area contributed by atoms with Crippen LogP contribution in [0, 0.1) is 0 Å². The predicted molar refractivity (Wildman–Crippen MR) is 81.0 cm³/mol. The first-order valence-electron chi connectivity index (χ1n) is 5.87. The Morgan fingerprint density at radius 1 is 1.47 bits per heavy atom. The molecule has 0 saturated carbocycles. The molecule has 1 aromatic carbocycles. The summed E-state index contributed by atoms with van der Waals surface area (Å²) in [6.07, 6.45) is 2.25. The van der Waals surface area contributed by atoms with Crippen molar-refractivity contribution in [3.8, 4) is 0 Å². The van der Waals surface area contributed by atoms with Gasteiger partial charge >= 0.3 is 0 Å². The van der Waals surface area contributed by atoms with Crippen molar-refractivity contribution in [2.24, 2.45) is 4.99 Å². The van der Waals surface area contributed by atoms with Gasteiger partial charge in [-0.2, -0.15) is 0 Å². The third-order valence-corrected chi connectivity index (χ3v) is 4.69. The van der Waals surface area contributed by atoms with E-state index in [0.717, 1.165) is 33.9 Å². The summed E-state index contributed by atoms with van der Waals surface area (Å²) in [6.45, 7) is 4.43. The van der Waals surface area contributed by atoms with Gasteiger partial charge in [0.1, 0.15) is 0 Å². The average molecular weight is 313 g/mol. The Kier molecular flexibility index (Phi) is 4.15. The molecule has 0 fully saturated rings. The zero-order chi connectivity index (χ0) is 12.3. The molecule has 4 heteroatoms. The van der Waals surface area contributed by atoms with Gasteiger partial charge in [0.15, 0.2) is 5.17 Å². The SMILES string of the molecule is CCC1(C)CCSC(Nc2ccccc2Br)=N1. The quantitative estimate of drug-likeness (QED) is 0.868. The van der Waals surface area contributed by atoms with Gasteiger partial charge in [0.25, 0.3) is 0 Å². The molecule has 92 valence electrons. The second-order valence-electron chi connectivity index (χ2n) is 4.47. The number of benzene rings is 1. The van der Waals surface area contributed by atoms with Crippen LogP contribution in [0.1, 0.15) is 26.7 Å². The van der Waals surface area contributed by atoms with Gasteiger partial charge < -0.3 is 5.32 Å². The molecule has 0 radical (unpaired) electrons. The summed E-state index contributed by atoms with van der Waals surface area (Å²) in [4.78, 5) is 4.82. The maximum Gasteiger partial charge on any atom is 0.161 e. The van der Waals surface area contributed by atoms with Gasteiger partial charge in [0, 0.05) is 10.2 Å². The lowest BCUT2D eigenvalue weighted by atomic mass is 9.97. The second-order valence-corrected chi connectivity index (χ2v) is 6.41. The van der Waals surface area contributed by atoms with Crippen LogP contribution in [0.25, 0.3) is 0 Å². The van der Waals surface area contributed by atoms with E-state index < -0.39 is 0 Å². The summed E-state index contributed by atoms with van der Waals surface area (Å²) in [5.74, 6) is 1.14. The molecule has 0 bridgehead atoms. The maximum absolute atomic E-state index is 4.82. The molecule has 0 amide bonds. The Bertz CT molecular complexity index is 433. The van der Waals surface area contributed by atoms with E-state index in [1.165, 1.54) is 0 Å². The number of hydrogen-bond acceptors (Lipinski definition) is 3. The minimum absolute atomic E-state index is 0.106. The summed E-state index contributed by atoms with van der Waals surface area (Å²) in [6, 6.07) is 8.14. The van der Waals surface area contributed by atoms with Crippen molar-refractivity contribution in [2.45, 2.75) is 32.2 Å². The fraction of sp³-hybridized carbons (Fsp3) is 0.462. The first kappa shape index (κ1) is 13.0. The topological polar surface area (TPSA) is 24.4 Å². The van der Waals surface area contributed by atoms with Gasteiger partial charge in [-0.15, -0.1) is 0 Å². The van der Waals surface area contributed by atoms with Crippen LogP contribution in [0.2, 0.25) is 0 Å². The summed E-state index contributed by atoms with van der Waals surface area (Å²) in [5, 5.41) is 4.44. The Labute approximate surface area is 115 Å². The van der Waals surface area contributed by atoms with Crippen molar-refractivity contribution in [1.82, 2.24) is 0 Å². The molecule has 1 aromatic rings. The number of rotatable bonds is 2. The van der Waals surface area contributed by atoms with E-state index in [9.17, 15) is 0 Å². The van der Waals surface area contributed by atoms with Crippen LogP contribution in [0.15, 0.2) is 33.7 Å². The fourth-order valence-corrected chi connectivity index (χ4v) is 3.28. The third kappa shape index (κ3) is 3.26. The van der Waals surface area contributed by atoms with E-state index >= 15 is 0 Å². The van der Waals surface area contributed by atoms with Gasteiger partial charge in [-0.3, -0.25) is 4.99 Å². The molecule has 1 atom stereocenters. The molecule has 17 heavy (non-hydrogen) atoms. The van der Waals surface area contributed by atoms with Crippen LogP contribution in [0.3, 0.4) is 0 Å². The van der Waals surface area contributed by atoms with Gasteiger partial charge in [0.2, 0.25) is 0 Å². The van der Waals surface area contributed by atoms with E-state index in [2.05, 4.69) is 41.2 Å². The molecule has 1 heterocycles. The number of nitrogens with zero attached hydrogens (tertiary/aromatic N) is 1. The van der Waals surface area contributed by atoms with Crippen LogP contribution < -0.4 is 5.32 Å². The molecule has 0 saturated heterocycles. The number of para-hydroxylation sites is 1. The highest BCUT2D eigenvalue weighted by Gasteiger charge is 2.26. The lowest BCUT2D eigenvalue weighted by molar-refractivity contribution is 0.443. The minimum Gasteiger partial charge on any atom is -0.334 e. The number of nitrogens with one attached hydrogen (secondary N) is 1. The van der Waals surface area contributed by atoms with Crippen LogP contribution in [0.5, 0.6) is 0 Å². The van der Waals surface area contributed by atoms with Gasteiger partial charge in [0.05, 0.1) is 11.2 Å². The molecule has 0 aromatic heterocycles. The Balaban J connectivity index is 2.17. The van der Waals surface area contributed by atoms with Gasteiger partial charge in [-0.25, -0.2) is 0 Å². The second kappa shape index (κ2) is 5.44. The molecule has 2 rings (SSSR count). The molecular formula is C13H17BrN2S. The zero-order valence-electron chi connectivity index (χ0n) is 10.2. The normalized spacial score (nSPS) is 24.3. The Hall–Kier alpha value is -0.480. The van der Waals surface area contributed by atoms with Crippen molar-refractivity contribution < 1.29 is 0 Å². The summed E-state index contributed by atoms with van der Waals surface area (Å²) < 4.78 is 1.08. The summed E-state index contributed by atoms with van der Waals surface area (Å²) in [5.41, 5.74) is 1.19. The van der Waals surface area contributed by atoms with Gasteiger partial charge in [-0.05, 0) is 47.8 Å². The van der Waals surface area contributed by atoms with Crippen LogP contribution in [-0.2, 0) is 0 Å². The Morgan fingerprint density at radius 2 is 2.24 bits per heavy atom. The van der Waals surface area contributed by atoms with E-state index in [-0.39, 0.29) is 5.54 Å². The zero-order valence-corrected chi connectivity index (χ0v) is 12.6. The lowest BCUT2D eigenvalue weighted by Gasteiger charge is -2.29. The van der Waals surface area contributed by atoms with Crippen molar-refractivity contribution in [1.29, 1.82) is 0 Å². The van der Waals surface area contributed by atoms with Crippen molar-refractivity contribution >= 4 is 38.5 Å². The minimum atomic E-state index is 0.106. The van der Waals surface area contributed by atoms with Crippen LogP contribution in [0.4, 0.5) is 5.69 Å². The third-order valence-electron chi connectivity index (χ3n) is 3.13. The molecule has 1 aliphatic heterocycles. The smallest absolute Gasteiger partial charge is 0.161 e. The number of halogens is 1. The first-order chi connectivity index (χ1) is 8.13. The average Bonchev–Trinajstić information content (AvgIpc) is 2.32. The summed E-state index contributed by atoms with van der Waals surface area (Å²) >= 11 is 5.34. The number of amidine groups is 1. The highest BCUT2D eigenvalue weighted by Crippen LogP contribution is 2.31. The number of anilines is 1. The lowest BCUT2D eigenvalue weighted by Crippen LogP contribution is -2.29. The van der Waals surface area contributed by atoms with Crippen molar-refractivity contribution in [3.05, 3.63) is 28.7 Å². The number of thioether (sulfide) groups is 1. The maximum atomic E-state index is 4.82. The molecule has 1 unspecified atom stereocenters. The highest BCUT2D eigenvalue weighted by molar-refractivity contribution is 9.10. The predicted octanol–water partition coefficient (Wildman–Crippen LogP) is 4.52.